The van der Waals surface area contributed by atoms with E-state index in [2.05, 4.69) is 20.3 Å². The van der Waals surface area contributed by atoms with E-state index in [9.17, 15) is 9.59 Å². The predicted molar refractivity (Wildman–Crippen MR) is 119 cm³/mol. The Balaban J connectivity index is 1.45. The Morgan fingerprint density at radius 2 is 1.94 bits per heavy atom. The van der Waals surface area contributed by atoms with Crippen LogP contribution in [0.3, 0.4) is 0 Å². The number of fused-ring (bicyclic) bond motifs is 2. The van der Waals surface area contributed by atoms with Gasteiger partial charge in [-0.15, -0.1) is 0 Å². The van der Waals surface area contributed by atoms with Gasteiger partial charge >= 0.3 is 5.69 Å². The van der Waals surface area contributed by atoms with Crippen molar-refractivity contribution in [2.24, 2.45) is 0 Å². The number of anilines is 1. The van der Waals surface area contributed by atoms with E-state index < -0.39 is 11.2 Å². The number of aromatic amines is 1. The van der Waals surface area contributed by atoms with Gasteiger partial charge in [-0.25, -0.2) is 14.3 Å². The van der Waals surface area contributed by atoms with Gasteiger partial charge in [0, 0.05) is 30.4 Å². The molecule has 0 atom stereocenters. The van der Waals surface area contributed by atoms with E-state index in [1.54, 1.807) is 38.5 Å². The van der Waals surface area contributed by atoms with Crippen LogP contribution in [0.2, 0.25) is 0 Å². The van der Waals surface area contributed by atoms with Crippen LogP contribution in [0.25, 0.3) is 16.7 Å². The number of methoxy groups -OCH3 is 2. The minimum absolute atomic E-state index is 0.0911. The maximum atomic E-state index is 13.0. The number of nitrogens with zero attached hydrogens (tertiary/aromatic N) is 3. The molecular weight excluding hydrogens is 430 g/mol. The zero-order valence-corrected chi connectivity index (χ0v) is 17.7. The fraction of sp³-hybridized carbons (Fsp3) is 0.182. The molecule has 0 aliphatic carbocycles. The van der Waals surface area contributed by atoms with Crippen LogP contribution in [-0.2, 0) is 6.54 Å². The average Bonchev–Trinajstić information content (AvgIpc) is 3.30. The second-order valence-corrected chi connectivity index (χ2v) is 7.10. The fourth-order valence-electron chi connectivity index (χ4n) is 3.52. The number of rotatable bonds is 6. The van der Waals surface area contributed by atoms with E-state index in [1.807, 2.05) is 12.1 Å². The van der Waals surface area contributed by atoms with Crippen LogP contribution in [-0.4, -0.2) is 40.5 Å². The number of hydrogen-bond donors (Lipinski definition) is 2. The first-order valence-electron chi connectivity index (χ1n) is 9.94. The molecule has 0 saturated heterocycles. The molecule has 0 spiro atoms. The van der Waals surface area contributed by atoms with Crippen LogP contribution in [0.1, 0.15) is 5.56 Å². The van der Waals surface area contributed by atoms with Crippen molar-refractivity contribution < 1.29 is 18.9 Å². The molecule has 0 bridgehead atoms. The molecule has 2 aromatic heterocycles. The molecule has 4 aromatic rings. The molecule has 168 valence electrons. The molecule has 2 aromatic carbocycles. The lowest BCUT2D eigenvalue weighted by Gasteiger charge is -2.11. The third kappa shape index (κ3) is 3.69. The maximum absolute atomic E-state index is 13.0. The second kappa shape index (κ2) is 8.19. The maximum Gasteiger partial charge on any atom is 0.334 e. The van der Waals surface area contributed by atoms with E-state index in [1.165, 1.54) is 6.20 Å². The molecule has 2 N–H and O–H groups in total. The number of benzene rings is 2. The number of H-pyrrole nitrogens is 1. The smallest absolute Gasteiger partial charge is 0.334 e. The lowest BCUT2D eigenvalue weighted by molar-refractivity contribution is 0.174. The van der Waals surface area contributed by atoms with Crippen molar-refractivity contribution in [2.75, 3.05) is 26.3 Å². The number of ether oxygens (including phenoxy) is 4. The summed E-state index contributed by atoms with van der Waals surface area (Å²) in [5.41, 5.74) is 0.153. The van der Waals surface area contributed by atoms with Gasteiger partial charge in [0.2, 0.25) is 12.7 Å². The highest BCUT2D eigenvalue weighted by Crippen LogP contribution is 2.33. The third-order valence-corrected chi connectivity index (χ3v) is 5.20. The van der Waals surface area contributed by atoms with E-state index in [4.69, 9.17) is 18.9 Å². The summed E-state index contributed by atoms with van der Waals surface area (Å²) in [6.45, 7) is 0.449. The van der Waals surface area contributed by atoms with Crippen molar-refractivity contribution in [2.45, 2.75) is 6.54 Å². The SMILES string of the molecule is COc1ccc(CNc2ncc3c(=O)n(-c4ccc5c(c4)OCO5)c(=O)[nH]c3n2)c(OC)c1. The summed E-state index contributed by atoms with van der Waals surface area (Å²) in [6, 6.07) is 10.3. The van der Waals surface area contributed by atoms with E-state index in [0.29, 0.717) is 35.2 Å². The average molecular weight is 449 g/mol. The quantitative estimate of drug-likeness (QED) is 0.453. The molecule has 0 radical (unpaired) electrons. The summed E-state index contributed by atoms with van der Waals surface area (Å²) >= 11 is 0. The highest BCUT2D eigenvalue weighted by Gasteiger charge is 2.17. The molecular formula is C22H19N5O6. The van der Waals surface area contributed by atoms with Crippen LogP contribution < -0.4 is 35.5 Å². The van der Waals surface area contributed by atoms with Crippen LogP contribution in [0, 0.1) is 0 Å². The summed E-state index contributed by atoms with van der Waals surface area (Å²) in [5.74, 6) is 2.58. The second-order valence-electron chi connectivity index (χ2n) is 7.10. The number of hydrogen-bond acceptors (Lipinski definition) is 9. The molecule has 1 aliphatic heterocycles. The largest absolute Gasteiger partial charge is 0.497 e. The van der Waals surface area contributed by atoms with Gasteiger partial charge in [-0.3, -0.25) is 9.78 Å². The molecule has 11 heteroatoms. The topological polar surface area (TPSA) is 130 Å². The summed E-state index contributed by atoms with van der Waals surface area (Å²) in [7, 11) is 3.15. The summed E-state index contributed by atoms with van der Waals surface area (Å²) < 4.78 is 22.2. The van der Waals surface area contributed by atoms with Crippen LogP contribution in [0.4, 0.5) is 5.95 Å². The number of aromatic nitrogens is 4. The Labute approximate surface area is 186 Å². The summed E-state index contributed by atoms with van der Waals surface area (Å²) in [6.07, 6.45) is 1.37. The lowest BCUT2D eigenvalue weighted by atomic mass is 10.2. The highest BCUT2D eigenvalue weighted by atomic mass is 16.7. The molecule has 3 heterocycles. The van der Waals surface area contributed by atoms with Gasteiger partial charge in [-0.1, -0.05) is 0 Å². The molecule has 0 amide bonds. The van der Waals surface area contributed by atoms with Gasteiger partial charge in [-0.2, -0.15) is 4.98 Å². The van der Waals surface area contributed by atoms with Crippen molar-refractivity contribution >= 4 is 17.0 Å². The Morgan fingerprint density at radius 3 is 2.76 bits per heavy atom. The highest BCUT2D eigenvalue weighted by molar-refractivity contribution is 5.73. The van der Waals surface area contributed by atoms with Gasteiger partial charge in [0.25, 0.3) is 5.56 Å². The third-order valence-electron chi connectivity index (χ3n) is 5.20. The Morgan fingerprint density at radius 1 is 1.09 bits per heavy atom. The Hall–Kier alpha value is -4.54. The predicted octanol–water partition coefficient (Wildman–Crippen LogP) is 1.83. The van der Waals surface area contributed by atoms with Crippen molar-refractivity contribution in [1.29, 1.82) is 0 Å². The Bertz CT molecular complexity index is 1480. The minimum atomic E-state index is -0.632. The molecule has 1 aliphatic rings. The van der Waals surface area contributed by atoms with Gasteiger partial charge in [-0.05, 0) is 24.3 Å². The lowest BCUT2D eigenvalue weighted by Crippen LogP contribution is -2.34. The number of nitrogens with one attached hydrogen (secondary N) is 2. The van der Waals surface area contributed by atoms with Crippen molar-refractivity contribution in [1.82, 2.24) is 19.5 Å². The van der Waals surface area contributed by atoms with Crippen molar-refractivity contribution in [3.05, 3.63) is 69.0 Å². The standard InChI is InChI=1S/C22H19N5O6/c1-30-14-5-3-12(17(8-14)31-2)9-23-21-24-10-15-19(25-21)26-22(29)27(20(15)28)13-4-6-16-18(7-13)33-11-32-16/h3-8,10H,9,11H2,1-2H3,(H2,23,24,25,26,29). The minimum Gasteiger partial charge on any atom is -0.497 e. The first kappa shape index (κ1) is 20.4. The van der Waals surface area contributed by atoms with Gasteiger partial charge in [0.15, 0.2) is 17.1 Å². The van der Waals surface area contributed by atoms with Crippen molar-refractivity contribution in [3.63, 3.8) is 0 Å². The van der Waals surface area contributed by atoms with E-state index in [0.717, 1.165) is 10.1 Å². The van der Waals surface area contributed by atoms with Crippen LogP contribution >= 0.6 is 0 Å². The summed E-state index contributed by atoms with van der Waals surface area (Å²) in [5, 5.41) is 3.24. The van der Waals surface area contributed by atoms with Gasteiger partial charge in [0.1, 0.15) is 16.9 Å². The molecule has 0 fully saturated rings. The molecule has 0 saturated carbocycles. The zero-order valence-electron chi connectivity index (χ0n) is 17.7. The normalized spacial score (nSPS) is 12.1. The summed E-state index contributed by atoms with van der Waals surface area (Å²) in [4.78, 5) is 36.9. The fourth-order valence-corrected chi connectivity index (χ4v) is 3.52. The molecule has 11 nitrogen and oxygen atoms in total. The molecule has 33 heavy (non-hydrogen) atoms. The van der Waals surface area contributed by atoms with E-state index in [-0.39, 0.29) is 23.8 Å². The van der Waals surface area contributed by atoms with Crippen LogP contribution in [0.15, 0.2) is 52.2 Å². The van der Waals surface area contributed by atoms with Gasteiger partial charge < -0.3 is 24.3 Å². The van der Waals surface area contributed by atoms with Crippen molar-refractivity contribution in [3.8, 4) is 28.7 Å². The van der Waals surface area contributed by atoms with Gasteiger partial charge in [0.05, 0.1) is 19.9 Å². The zero-order chi connectivity index (χ0) is 22.9. The Kier molecular flexibility index (Phi) is 5.05. The monoisotopic (exact) mass is 449 g/mol. The molecule has 5 rings (SSSR count). The van der Waals surface area contributed by atoms with Crippen LogP contribution in [0.5, 0.6) is 23.0 Å². The first-order valence-corrected chi connectivity index (χ1v) is 9.94. The van der Waals surface area contributed by atoms with E-state index >= 15 is 0 Å². The molecule has 0 unspecified atom stereocenters. The first-order chi connectivity index (χ1) is 16.1.